The Labute approximate surface area is 121 Å². The topological polar surface area (TPSA) is 107 Å². The fourth-order valence-corrected chi connectivity index (χ4v) is 1.70. The van der Waals surface area contributed by atoms with E-state index < -0.39 is 22.9 Å². The van der Waals surface area contributed by atoms with Gasteiger partial charge in [0, 0.05) is 18.6 Å². The van der Waals surface area contributed by atoms with Gasteiger partial charge >= 0.3 is 5.97 Å². The quantitative estimate of drug-likeness (QED) is 0.484. The summed E-state index contributed by atoms with van der Waals surface area (Å²) in [6.45, 7) is 1.24. The average molecular weight is 293 g/mol. The second kappa shape index (κ2) is 6.76. The van der Waals surface area contributed by atoms with Gasteiger partial charge < -0.3 is 9.84 Å². The zero-order chi connectivity index (χ0) is 16.0. The van der Waals surface area contributed by atoms with Crippen molar-refractivity contribution in [1.82, 2.24) is 0 Å². The Hall–Kier alpha value is -2.54. The van der Waals surface area contributed by atoms with Crippen LogP contribution < -0.4 is 0 Å². The zero-order valence-corrected chi connectivity index (χ0v) is 11.6. The van der Waals surface area contributed by atoms with Crippen LogP contribution in [0.1, 0.15) is 18.9 Å². The number of ketones is 1. The number of non-ortho nitro benzene ring substituents is 1. The first-order valence-corrected chi connectivity index (χ1v) is 6.02. The number of aliphatic hydroxyl groups is 1. The fourth-order valence-electron chi connectivity index (χ4n) is 1.70. The third-order valence-corrected chi connectivity index (χ3v) is 2.71. The van der Waals surface area contributed by atoms with Crippen molar-refractivity contribution in [3.8, 4) is 0 Å². The summed E-state index contributed by atoms with van der Waals surface area (Å²) in [5, 5.41) is 20.7. The van der Waals surface area contributed by atoms with Crippen LogP contribution in [0.3, 0.4) is 0 Å². The Bertz CT molecular complexity index is 578. The van der Waals surface area contributed by atoms with E-state index in [0.717, 1.165) is 13.2 Å². The van der Waals surface area contributed by atoms with Crippen molar-refractivity contribution < 1.29 is 24.4 Å². The van der Waals surface area contributed by atoms with E-state index in [1.165, 1.54) is 37.3 Å². The molecule has 1 aromatic rings. The SMILES string of the molecule is COC(=O)[C@@](O)(/C=C/c1ccc([N+](=O)[O-])cc1)CC(C)=O. The number of nitrogens with zero attached hydrogens (tertiary/aromatic N) is 1. The van der Waals surface area contributed by atoms with Crippen LogP contribution >= 0.6 is 0 Å². The maximum absolute atomic E-state index is 11.6. The van der Waals surface area contributed by atoms with Crippen LogP contribution in [0, 0.1) is 10.1 Å². The van der Waals surface area contributed by atoms with Crippen molar-refractivity contribution in [2.24, 2.45) is 0 Å². The second-order valence-corrected chi connectivity index (χ2v) is 4.48. The number of carbonyl (C=O) groups is 2. The normalized spacial score (nSPS) is 13.7. The molecule has 0 unspecified atom stereocenters. The molecule has 1 atom stereocenters. The van der Waals surface area contributed by atoms with Crippen LogP contribution in [-0.4, -0.2) is 34.5 Å². The molecular formula is C14H15NO6. The van der Waals surface area contributed by atoms with E-state index in [1.807, 2.05) is 0 Å². The maximum atomic E-state index is 11.6. The van der Waals surface area contributed by atoms with Gasteiger partial charge in [0.25, 0.3) is 5.69 Å². The molecule has 0 aliphatic heterocycles. The number of rotatable bonds is 6. The van der Waals surface area contributed by atoms with Gasteiger partial charge in [0.05, 0.1) is 12.0 Å². The van der Waals surface area contributed by atoms with E-state index >= 15 is 0 Å². The van der Waals surface area contributed by atoms with Gasteiger partial charge in [0.2, 0.25) is 0 Å². The van der Waals surface area contributed by atoms with E-state index in [4.69, 9.17) is 0 Å². The molecule has 7 nitrogen and oxygen atoms in total. The maximum Gasteiger partial charge on any atom is 0.342 e. The highest BCUT2D eigenvalue weighted by atomic mass is 16.6. The monoisotopic (exact) mass is 293 g/mol. The van der Waals surface area contributed by atoms with Crippen LogP contribution in [0.4, 0.5) is 5.69 Å². The summed E-state index contributed by atoms with van der Waals surface area (Å²) in [7, 11) is 1.10. The summed E-state index contributed by atoms with van der Waals surface area (Å²) < 4.78 is 4.47. The number of benzene rings is 1. The molecule has 0 saturated carbocycles. The van der Waals surface area contributed by atoms with Gasteiger partial charge in [0.15, 0.2) is 5.60 Å². The van der Waals surface area contributed by atoms with Gasteiger partial charge in [-0.3, -0.25) is 14.9 Å². The first-order valence-electron chi connectivity index (χ1n) is 6.02. The Morgan fingerprint density at radius 2 is 1.95 bits per heavy atom. The van der Waals surface area contributed by atoms with Crippen LogP contribution in [0.5, 0.6) is 0 Å². The number of Topliss-reactive ketones (excluding diaryl/α,β-unsaturated/α-hetero) is 1. The number of hydrogen-bond acceptors (Lipinski definition) is 6. The number of carbonyl (C=O) groups excluding carboxylic acids is 2. The van der Waals surface area contributed by atoms with E-state index in [1.54, 1.807) is 0 Å². The molecule has 0 aromatic heterocycles. The number of nitro benzene ring substituents is 1. The van der Waals surface area contributed by atoms with Gasteiger partial charge in [-0.25, -0.2) is 4.79 Å². The Morgan fingerprint density at radius 1 is 1.38 bits per heavy atom. The first kappa shape index (κ1) is 16.5. The Balaban J connectivity index is 2.99. The van der Waals surface area contributed by atoms with Gasteiger partial charge in [-0.15, -0.1) is 0 Å². The summed E-state index contributed by atoms with van der Waals surface area (Å²) in [4.78, 5) is 32.7. The number of methoxy groups -OCH3 is 1. The minimum absolute atomic E-state index is 0.0703. The van der Waals surface area contributed by atoms with Gasteiger partial charge in [-0.1, -0.05) is 6.08 Å². The van der Waals surface area contributed by atoms with E-state index in [2.05, 4.69) is 4.74 Å². The molecule has 0 amide bonds. The fraction of sp³-hybridized carbons (Fsp3) is 0.286. The van der Waals surface area contributed by atoms with Crippen LogP contribution in [0.25, 0.3) is 6.08 Å². The van der Waals surface area contributed by atoms with E-state index in [9.17, 15) is 24.8 Å². The smallest absolute Gasteiger partial charge is 0.342 e. The summed E-state index contributed by atoms with van der Waals surface area (Å²) in [6.07, 6.45) is 2.12. The predicted molar refractivity (Wildman–Crippen MR) is 74.4 cm³/mol. The highest BCUT2D eigenvalue weighted by Crippen LogP contribution is 2.19. The lowest BCUT2D eigenvalue weighted by Gasteiger charge is -2.19. The molecule has 1 N–H and O–H groups in total. The van der Waals surface area contributed by atoms with Crippen LogP contribution in [-0.2, 0) is 14.3 Å². The van der Waals surface area contributed by atoms with E-state index in [0.29, 0.717) is 5.56 Å². The van der Waals surface area contributed by atoms with Crippen molar-refractivity contribution in [3.63, 3.8) is 0 Å². The first-order chi connectivity index (χ1) is 9.78. The van der Waals surface area contributed by atoms with Gasteiger partial charge in [-0.2, -0.15) is 0 Å². The molecule has 1 rings (SSSR count). The van der Waals surface area contributed by atoms with Crippen LogP contribution in [0.15, 0.2) is 30.3 Å². The lowest BCUT2D eigenvalue weighted by Crippen LogP contribution is -2.39. The molecule has 0 aliphatic rings. The van der Waals surface area contributed by atoms with E-state index in [-0.39, 0.29) is 11.5 Å². The number of hydrogen-bond donors (Lipinski definition) is 1. The highest BCUT2D eigenvalue weighted by Gasteiger charge is 2.35. The summed E-state index contributed by atoms with van der Waals surface area (Å²) in [5.74, 6) is -1.33. The molecule has 21 heavy (non-hydrogen) atoms. The molecule has 0 heterocycles. The molecule has 7 heteroatoms. The number of ether oxygens (including phenoxy) is 1. The molecular weight excluding hydrogens is 278 g/mol. The van der Waals surface area contributed by atoms with Crippen molar-refractivity contribution >= 4 is 23.5 Å². The lowest BCUT2D eigenvalue weighted by atomic mass is 9.96. The van der Waals surface area contributed by atoms with Crippen LogP contribution in [0.2, 0.25) is 0 Å². The zero-order valence-electron chi connectivity index (χ0n) is 11.6. The van der Waals surface area contributed by atoms with Crippen molar-refractivity contribution in [2.45, 2.75) is 18.9 Å². The van der Waals surface area contributed by atoms with Crippen molar-refractivity contribution in [3.05, 3.63) is 46.0 Å². The largest absolute Gasteiger partial charge is 0.467 e. The standard InChI is InChI=1S/C14H15NO6/c1-10(16)9-14(18,13(17)21-2)8-7-11-3-5-12(6-4-11)15(19)20/h3-8,18H,9H2,1-2H3/b8-7+/t14-/m1/s1. The molecule has 1 aromatic carbocycles. The summed E-state index contributed by atoms with van der Waals surface area (Å²) in [6, 6.07) is 5.50. The minimum atomic E-state index is -2.05. The number of esters is 1. The Morgan fingerprint density at radius 3 is 2.38 bits per heavy atom. The molecule has 0 saturated heterocycles. The molecule has 0 spiro atoms. The molecule has 0 fully saturated rings. The third kappa shape index (κ3) is 4.50. The second-order valence-electron chi connectivity index (χ2n) is 4.48. The highest BCUT2D eigenvalue weighted by molar-refractivity contribution is 5.90. The molecule has 112 valence electrons. The van der Waals surface area contributed by atoms with Crippen molar-refractivity contribution in [1.29, 1.82) is 0 Å². The van der Waals surface area contributed by atoms with Gasteiger partial charge in [-0.05, 0) is 30.7 Å². The molecule has 0 bridgehead atoms. The van der Waals surface area contributed by atoms with Gasteiger partial charge in [0.1, 0.15) is 5.78 Å². The summed E-state index contributed by atoms with van der Waals surface area (Å²) in [5.41, 5.74) is -1.59. The summed E-state index contributed by atoms with van der Waals surface area (Å²) >= 11 is 0. The van der Waals surface area contributed by atoms with Crippen molar-refractivity contribution in [2.75, 3.05) is 7.11 Å². The lowest BCUT2D eigenvalue weighted by molar-refractivity contribution is -0.384. The Kier molecular flexibility index (Phi) is 5.31. The molecule has 0 radical (unpaired) electrons. The minimum Gasteiger partial charge on any atom is -0.467 e. The third-order valence-electron chi connectivity index (χ3n) is 2.71. The molecule has 0 aliphatic carbocycles. The average Bonchev–Trinajstić information content (AvgIpc) is 2.44. The number of nitro groups is 1. The predicted octanol–water partition coefficient (Wildman–Crippen LogP) is 1.49.